The number of carbonyl (C=O) groups excluding carboxylic acids is 1. The van der Waals surface area contributed by atoms with Gasteiger partial charge in [0.15, 0.2) is 0 Å². The summed E-state index contributed by atoms with van der Waals surface area (Å²) in [7, 11) is -11.6. The van der Waals surface area contributed by atoms with Gasteiger partial charge in [0.05, 0.1) is 11.2 Å². The minimum atomic E-state index is -7.47. The highest BCUT2D eigenvalue weighted by Crippen LogP contribution is 2.64. The summed E-state index contributed by atoms with van der Waals surface area (Å²) < 4.78 is 174. The van der Waals surface area contributed by atoms with E-state index in [0.717, 1.165) is 0 Å². The first-order valence-electron chi connectivity index (χ1n) is 10.5. The highest BCUT2D eigenvalue weighted by atomic mass is 32.2. The summed E-state index contributed by atoms with van der Waals surface area (Å²) in [6.45, 7) is 3.50. The number of hydrogen-bond donors (Lipinski definition) is 0. The van der Waals surface area contributed by atoms with Gasteiger partial charge in [-0.15, -0.1) is 0 Å². The molecule has 0 N–H and O–H groups in total. The van der Waals surface area contributed by atoms with Gasteiger partial charge in [-0.2, -0.15) is 56.3 Å². The molecule has 0 radical (unpaired) electrons. The molecule has 0 saturated heterocycles. The van der Waals surface area contributed by atoms with Crippen LogP contribution in [0.3, 0.4) is 0 Å². The lowest BCUT2D eigenvalue weighted by atomic mass is 9.70. The van der Waals surface area contributed by atoms with Crippen molar-refractivity contribution in [1.29, 1.82) is 0 Å². The topological polar surface area (TPSA) is 104 Å². The van der Waals surface area contributed by atoms with Crippen molar-refractivity contribution >= 4 is 26.0 Å². The number of benzene rings is 1. The van der Waals surface area contributed by atoms with E-state index in [0.29, 0.717) is 37.1 Å². The Hall–Kier alpha value is -2.24. The number of Topliss-reactive ketones (excluding diaryl/α,β-unsaturated/α-hetero) is 1. The third kappa shape index (κ3) is 4.40. The quantitative estimate of drug-likeness (QED) is 0.290. The van der Waals surface area contributed by atoms with Crippen molar-refractivity contribution in [3.05, 3.63) is 24.3 Å². The summed E-state index contributed by atoms with van der Waals surface area (Å²) in [5.74, 6) is -17.8. The van der Waals surface area contributed by atoms with Gasteiger partial charge in [0.2, 0.25) is 0 Å². The van der Waals surface area contributed by atoms with E-state index in [-0.39, 0.29) is 18.1 Å². The molecule has 1 aromatic rings. The zero-order valence-corrected chi connectivity index (χ0v) is 20.9. The molecule has 2 aliphatic rings. The third-order valence-corrected chi connectivity index (χ3v) is 9.83. The van der Waals surface area contributed by atoms with Gasteiger partial charge in [-0.05, 0) is 48.4 Å². The Labute approximate surface area is 210 Å². The Morgan fingerprint density at radius 1 is 0.842 bits per heavy atom. The summed E-state index contributed by atoms with van der Waals surface area (Å²) in [5, 5.41) is -7.06. The van der Waals surface area contributed by atoms with Crippen molar-refractivity contribution in [2.45, 2.75) is 56.4 Å². The second-order valence-electron chi connectivity index (χ2n) is 9.62. The van der Waals surface area contributed by atoms with Crippen LogP contribution in [-0.4, -0.2) is 51.6 Å². The normalized spacial score (nSPS) is 24.5. The van der Waals surface area contributed by atoms with Crippen molar-refractivity contribution < 1.29 is 69.5 Å². The fraction of sp³-hybridized carbons (Fsp3) is 0.650. The molecule has 216 valence electrons. The van der Waals surface area contributed by atoms with Crippen LogP contribution >= 0.6 is 0 Å². The maximum atomic E-state index is 13.8. The monoisotopic (exact) mass is 606 g/mol. The van der Waals surface area contributed by atoms with Gasteiger partial charge >= 0.3 is 43.5 Å². The molecule has 2 atom stereocenters. The van der Waals surface area contributed by atoms with Gasteiger partial charge in [-0.1, -0.05) is 13.8 Å². The van der Waals surface area contributed by atoms with Crippen molar-refractivity contribution in [3.63, 3.8) is 0 Å². The summed E-state index contributed by atoms with van der Waals surface area (Å²) in [6.07, 6.45) is -6.13. The highest BCUT2D eigenvalue weighted by Gasteiger charge is 2.86. The molecule has 38 heavy (non-hydrogen) atoms. The van der Waals surface area contributed by atoms with Crippen LogP contribution in [0, 0.1) is 16.7 Å². The van der Waals surface area contributed by atoms with Crippen LogP contribution in [0.1, 0.15) is 33.1 Å². The second kappa shape index (κ2) is 8.63. The predicted octanol–water partition coefficient (Wildman–Crippen LogP) is 4.92. The van der Waals surface area contributed by atoms with Gasteiger partial charge in [-0.25, -0.2) is 0 Å². The first-order valence-corrected chi connectivity index (χ1v) is 13.5. The number of rotatable bonds is 9. The molecule has 0 spiro atoms. The molecule has 7 nitrogen and oxygen atoms in total. The fourth-order valence-electron chi connectivity index (χ4n) is 4.83. The largest absolute Gasteiger partial charge is 0.460 e. The molecule has 2 saturated carbocycles. The molecule has 0 aliphatic heterocycles. The smallest absolute Gasteiger partial charge is 0.382 e. The average molecular weight is 606 g/mol. The van der Waals surface area contributed by atoms with E-state index in [1.807, 2.05) is 0 Å². The van der Waals surface area contributed by atoms with E-state index in [9.17, 15) is 61.1 Å². The number of hydrogen-bond acceptors (Lipinski definition) is 7. The van der Waals surface area contributed by atoms with Crippen molar-refractivity contribution in [2.24, 2.45) is 16.7 Å². The Morgan fingerprint density at radius 3 is 1.71 bits per heavy atom. The molecule has 2 unspecified atom stereocenters. The third-order valence-electron chi connectivity index (χ3n) is 7.25. The molecule has 2 bridgehead atoms. The number of fused-ring (bicyclic) bond motifs is 2. The van der Waals surface area contributed by atoms with Crippen LogP contribution in [0.5, 0.6) is 11.5 Å². The fourth-order valence-corrected chi connectivity index (χ4v) is 7.49. The number of alkyl halides is 9. The lowest BCUT2D eigenvalue weighted by Crippen LogP contribution is -2.63. The maximum Gasteiger partial charge on any atom is 0.460 e. The lowest BCUT2D eigenvalue weighted by Gasteiger charge is -2.35. The summed E-state index contributed by atoms with van der Waals surface area (Å²) in [6, 6.07) is 2.01. The first kappa shape index (κ1) is 30.3. The Bertz CT molecular complexity index is 1320. The SMILES string of the molecule is CC1(C)C2CCC1(CS(=O)(=O)Oc1ccc(OS(=O)(=O)C(F)(F)C(F)(F)C(F)(F)C(F)(F)F)cc1)C(=O)C2. The minimum Gasteiger partial charge on any atom is -0.382 e. The minimum absolute atomic E-state index is 0.0230. The molecule has 2 aliphatic carbocycles. The lowest BCUT2D eigenvalue weighted by molar-refractivity contribution is -0.382. The Morgan fingerprint density at radius 2 is 1.32 bits per heavy atom. The molecule has 3 rings (SSSR count). The summed E-state index contributed by atoms with van der Waals surface area (Å²) >= 11 is 0. The predicted molar refractivity (Wildman–Crippen MR) is 110 cm³/mol. The molecule has 0 aromatic heterocycles. The number of ketones is 1. The van der Waals surface area contributed by atoms with Crippen LogP contribution in [-0.2, 0) is 25.0 Å². The van der Waals surface area contributed by atoms with Gasteiger partial charge in [0.1, 0.15) is 17.3 Å². The maximum absolute atomic E-state index is 13.8. The molecule has 0 heterocycles. The second-order valence-corrected chi connectivity index (χ2v) is 12.8. The average Bonchev–Trinajstić information content (AvgIpc) is 3.07. The van der Waals surface area contributed by atoms with Crippen molar-refractivity contribution in [3.8, 4) is 11.5 Å². The Kier molecular flexibility index (Phi) is 6.88. The van der Waals surface area contributed by atoms with E-state index < -0.39 is 71.6 Å². The van der Waals surface area contributed by atoms with Crippen LogP contribution < -0.4 is 8.37 Å². The first-order chi connectivity index (χ1) is 16.8. The van der Waals surface area contributed by atoms with Crippen LogP contribution in [0.2, 0.25) is 0 Å². The zero-order chi connectivity index (χ0) is 29.4. The van der Waals surface area contributed by atoms with Crippen LogP contribution in [0.25, 0.3) is 0 Å². The molecule has 0 amide bonds. The molecular weight excluding hydrogens is 587 g/mol. The van der Waals surface area contributed by atoms with Crippen molar-refractivity contribution in [2.75, 3.05) is 5.75 Å². The zero-order valence-electron chi connectivity index (χ0n) is 19.3. The van der Waals surface area contributed by atoms with E-state index in [2.05, 4.69) is 4.18 Å². The molecular formula is C20H19F9O7S2. The van der Waals surface area contributed by atoms with Crippen molar-refractivity contribution in [1.82, 2.24) is 0 Å². The van der Waals surface area contributed by atoms with Gasteiger partial charge in [0.25, 0.3) is 0 Å². The van der Waals surface area contributed by atoms with E-state index in [4.69, 9.17) is 4.18 Å². The standard InChI is InChI=1S/C20H19F9O7S2/c1-15(2)11-7-8-16(15,14(30)9-11)10-37(31,32)35-12-3-5-13(6-4-12)36-38(33,34)20(28,29)18(23,24)17(21,22)19(25,26)27/h3-6,11H,7-10H2,1-2H3. The number of carbonyl (C=O) groups is 1. The number of halogens is 9. The van der Waals surface area contributed by atoms with Gasteiger partial charge in [0, 0.05) is 6.42 Å². The Balaban J connectivity index is 1.78. The van der Waals surface area contributed by atoms with E-state index in [1.54, 1.807) is 13.8 Å². The summed E-state index contributed by atoms with van der Waals surface area (Å²) in [4.78, 5) is 12.5. The molecule has 1 aromatic carbocycles. The van der Waals surface area contributed by atoms with Gasteiger partial charge in [-0.3, -0.25) is 4.79 Å². The molecule has 18 heteroatoms. The molecule has 2 fully saturated rings. The summed E-state index contributed by atoms with van der Waals surface area (Å²) in [5.41, 5.74) is -1.87. The van der Waals surface area contributed by atoms with Crippen LogP contribution in [0.4, 0.5) is 39.5 Å². The van der Waals surface area contributed by atoms with E-state index in [1.165, 1.54) is 0 Å². The van der Waals surface area contributed by atoms with Gasteiger partial charge < -0.3 is 8.37 Å². The van der Waals surface area contributed by atoms with Crippen LogP contribution in [0.15, 0.2) is 24.3 Å². The van der Waals surface area contributed by atoms with E-state index >= 15 is 0 Å². The highest BCUT2D eigenvalue weighted by molar-refractivity contribution is 7.88.